The van der Waals surface area contributed by atoms with Gasteiger partial charge in [-0.15, -0.1) is 0 Å². The third kappa shape index (κ3) is 4.76. The number of anilines is 1. The van der Waals surface area contributed by atoms with Gasteiger partial charge in [0.25, 0.3) is 0 Å². The smallest absolute Gasteiger partial charge is 0.224 e. The normalized spacial score (nSPS) is 20.2. The van der Waals surface area contributed by atoms with Crippen LogP contribution < -0.4 is 10.1 Å². The molecule has 21 heavy (non-hydrogen) atoms. The highest BCUT2D eigenvalue weighted by Gasteiger charge is 2.30. The lowest BCUT2D eigenvalue weighted by Gasteiger charge is -2.34. The molecule has 1 fully saturated rings. The van der Waals surface area contributed by atoms with Crippen LogP contribution >= 0.6 is 0 Å². The monoisotopic (exact) mass is 288 g/mol. The summed E-state index contributed by atoms with van der Waals surface area (Å²) in [7, 11) is 0. The lowest BCUT2D eigenvalue weighted by molar-refractivity contribution is -0.119. The predicted octanol–water partition coefficient (Wildman–Crippen LogP) is 2.73. The van der Waals surface area contributed by atoms with E-state index in [1.54, 1.807) is 24.3 Å². The molecule has 0 atom stereocenters. The SMILES string of the molecule is CCOC1CC(CC(=O)Nc2cccc(OCC#N)c2)C1. The lowest BCUT2D eigenvalue weighted by atomic mass is 9.80. The van der Waals surface area contributed by atoms with Crippen molar-refractivity contribution in [2.24, 2.45) is 5.92 Å². The van der Waals surface area contributed by atoms with E-state index >= 15 is 0 Å². The molecule has 0 unspecified atom stereocenters. The average Bonchev–Trinajstić information content (AvgIpc) is 2.43. The first-order chi connectivity index (χ1) is 10.2. The quantitative estimate of drug-likeness (QED) is 0.837. The number of rotatable bonds is 7. The van der Waals surface area contributed by atoms with Gasteiger partial charge in [0.1, 0.15) is 11.8 Å². The standard InChI is InChI=1S/C16H20N2O3/c1-2-20-15-8-12(9-15)10-16(19)18-13-4-3-5-14(11-13)21-7-6-17/h3-5,11-12,15H,2,7-10H2,1H3,(H,18,19). The largest absolute Gasteiger partial charge is 0.479 e. The van der Waals surface area contributed by atoms with Gasteiger partial charge >= 0.3 is 0 Å². The van der Waals surface area contributed by atoms with Crippen LogP contribution in [0.3, 0.4) is 0 Å². The van der Waals surface area contributed by atoms with Gasteiger partial charge in [0.2, 0.25) is 5.91 Å². The second-order valence-corrected chi connectivity index (χ2v) is 5.14. The van der Waals surface area contributed by atoms with Gasteiger partial charge in [0, 0.05) is 24.8 Å². The molecule has 1 N–H and O–H groups in total. The molecule has 5 nitrogen and oxygen atoms in total. The molecule has 1 aliphatic carbocycles. The van der Waals surface area contributed by atoms with Crippen LogP contribution in [0.5, 0.6) is 5.75 Å². The molecular weight excluding hydrogens is 268 g/mol. The maximum absolute atomic E-state index is 12.0. The van der Waals surface area contributed by atoms with E-state index in [1.165, 1.54) is 0 Å². The van der Waals surface area contributed by atoms with Crippen molar-refractivity contribution in [2.45, 2.75) is 32.3 Å². The number of nitrogens with zero attached hydrogens (tertiary/aromatic N) is 1. The minimum Gasteiger partial charge on any atom is -0.479 e. The molecule has 1 aliphatic rings. The summed E-state index contributed by atoms with van der Waals surface area (Å²) in [5.41, 5.74) is 0.691. The maximum Gasteiger partial charge on any atom is 0.224 e. The van der Waals surface area contributed by atoms with Crippen LogP contribution in [0, 0.1) is 17.2 Å². The minimum absolute atomic E-state index is 0.00170. The lowest BCUT2D eigenvalue weighted by Crippen LogP contribution is -2.33. The summed E-state index contributed by atoms with van der Waals surface area (Å²) in [4.78, 5) is 12.0. The molecule has 0 spiro atoms. The van der Waals surface area contributed by atoms with Crippen LogP contribution in [0.1, 0.15) is 26.2 Å². The molecule has 0 bridgehead atoms. The number of carbonyl (C=O) groups is 1. The third-order valence-corrected chi connectivity index (χ3v) is 3.49. The Morgan fingerprint density at radius 1 is 1.48 bits per heavy atom. The molecular formula is C16H20N2O3. The van der Waals surface area contributed by atoms with E-state index in [9.17, 15) is 4.79 Å². The Morgan fingerprint density at radius 2 is 2.29 bits per heavy atom. The minimum atomic E-state index is -0.00170. The molecule has 112 valence electrons. The second kappa shape index (κ2) is 7.65. The molecule has 1 amide bonds. The fraction of sp³-hybridized carbons (Fsp3) is 0.500. The van der Waals surface area contributed by atoms with E-state index in [-0.39, 0.29) is 12.5 Å². The Bertz CT molecular complexity index is 518. The second-order valence-electron chi connectivity index (χ2n) is 5.14. The van der Waals surface area contributed by atoms with Gasteiger partial charge in [0.05, 0.1) is 6.10 Å². The highest BCUT2D eigenvalue weighted by Crippen LogP contribution is 2.33. The number of nitrogens with one attached hydrogen (secondary N) is 1. The van der Waals surface area contributed by atoms with Crippen molar-refractivity contribution >= 4 is 11.6 Å². The van der Waals surface area contributed by atoms with E-state index in [2.05, 4.69) is 5.32 Å². The number of benzene rings is 1. The van der Waals surface area contributed by atoms with Gasteiger partial charge in [-0.2, -0.15) is 5.26 Å². The van der Waals surface area contributed by atoms with E-state index in [1.807, 2.05) is 13.0 Å². The summed E-state index contributed by atoms with van der Waals surface area (Å²) < 4.78 is 10.7. The molecule has 0 radical (unpaired) electrons. The summed E-state index contributed by atoms with van der Waals surface area (Å²) >= 11 is 0. The summed E-state index contributed by atoms with van der Waals surface area (Å²) in [5, 5.41) is 11.3. The summed E-state index contributed by atoms with van der Waals surface area (Å²) in [6.45, 7) is 2.72. The van der Waals surface area contributed by atoms with Crippen molar-refractivity contribution < 1.29 is 14.3 Å². The average molecular weight is 288 g/mol. The number of carbonyl (C=O) groups excluding carboxylic acids is 1. The number of nitriles is 1. The predicted molar refractivity (Wildman–Crippen MR) is 78.9 cm³/mol. The molecule has 1 aromatic carbocycles. The van der Waals surface area contributed by atoms with Crippen molar-refractivity contribution in [3.8, 4) is 11.8 Å². The highest BCUT2D eigenvalue weighted by molar-refractivity contribution is 5.91. The van der Waals surface area contributed by atoms with Crippen molar-refractivity contribution in [3.05, 3.63) is 24.3 Å². The zero-order valence-corrected chi connectivity index (χ0v) is 12.2. The van der Waals surface area contributed by atoms with E-state index in [0.29, 0.717) is 29.9 Å². The molecule has 0 heterocycles. The van der Waals surface area contributed by atoms with Gasteiger partial charge in [-0.25, -0.2) is 0 Å². The van der Waals surface area contributed by atoms with Crippen LogP contribution in [0.15, 0.2) is 24.3 Å². The molecule has 0 saturated heterocycles. The molecule has 0 aliphatic heterocycles. The maximum atomic E-state index is 12.0. The third-order valence-electron chi connectivity index (χ3n) is 3.49. The van der Waals surface area contributed by atoms with Crippen molar-refractivity contribution in [3.63, 3.8) is 0 Å². The highest BCUT2D eigenvalue weighted by atomic mass is 16.5. The molecule has 5 heteroatoms. The van der Waals surface area contributed by atoms with Crippen molar-refractivity contribution in [2.75, 3.05) is 18.5 Å². The van der Waals surface area contributed by atoms with Gasteiger partial charge < -0.3 is 14.8 Å². The summed E-state index contributed by atoms with van der Waals surface area (Å²) in [5.74, 6) is 1.00. The Morgan fingerprint density at radius 3 is 3.00 bits per heavy atom. The van der Waals surface area contributed by atoms with Crippen molar-refractivity contribution in [1.29, 1.82) is 5.26 Å². The fourth-order valence-electron chi connectivity index (χ4n) is 2.47. The van der Waals surface area contributed by atoms with Crippen molar-refractivity contribution in [1.82, 2.24) is 0 Å². The van der Waals surface area contributed by atoms with Crippen LogP contribution in [-0.2, 0) is 9.53 Å². The van der Waals surface area contributed by atoms with Gasteiger partial charge in [-0.05, 0) is 37.8 Å². The topological polar surface area (TPSA) is 71.3 Å². The van der Waals surface area contributed by atoms with E-state index in [0.717, 1.165) is 19.4 Å². The number of ether oxygens (including phenoxy) is 2. The first kappa shape index (κ1) is 15.3. The van der Waals surface area contributed by atoms with Gasteiger partial charge in [-0.3, -0.25) is 4.79 Å². The molecule has 1 aromatic rings. The Balaban J connectivity index is 1.77. The van der Waals surface area contributed by atoms with E-state index < -0.39 is 0 Å². The van der Waals surface area contributed by atoms with Gasteiger partial charge in [0.15, 0.2) is 6.61 Å². The van der Waals surface area contributed by atoms with Gasteiger partial charge in [-0.1, -0.05) is 6.07 Å². The summed E-state index contributed by atoms with van der Waals surface area (Å²) in [6.07, 6.45) is 2.78. The van der Waals surface area contributed by atoms with Crippen LogP contribution in [0.25, 0.3) is 0 Å². The van der Waals surface area contributed by atoms with E-state index in [4.69, 9.17) is 14.7 Å². The Kier molecular flexibility index (Phi) is 5.59. The molecule has 2 rings (SSSR count). The number of hydrogen-bond donors (Lipinski definition) is 1. The number of amides is 1. The summed E-state index contributed by atoms with van der Waals surface area (Å²) in [6, 6.07) is 8.98. The van der Waals surface area contributed by atoms with Crippen LogP contribution in [-0.4, -0.2) is 25.2 Å². The Hall–Kier alpha value is -2.06. The zero-order valence-electron chi connectivity index (χ0n) is 12.2. The van der Waals surface area contributed by atoms with Crippen LogP contribution in [0.2, 0.25) is 0 Å². The fourth-order valence-corrected chi connectivity index (χ4v) is 2.47. The molecule has 0 aromatic heterocycles. The first-order valence-electron chi connectivity index (χ1n) is 7.22. The Labute approximate surface area is 124 Å². The van der Waals surface area contributed by atoms with Crippen LogP contribution in [0.4, 0.5) is 5.69 Å². The first-order valence-corrected chi connectivity index (χ1v) is 7.22. The molecule has 1 saturated carbocycles. The number of hydrogen-bond acceptors (Lipinski definition) is 4. The zero-order chi connectivity index (χ0) is 15.1.